The van der Waals surface area contributed by atoms with Crippen molar-refractivity contribution in [1.82, 2.24) is 0 Å². The summed E-state index contributed by atoms with van der Waals surface area (Å²) in [6.45, 7) is 13.4. The van der Waals surface area contributed by atoms with Crippen molar-refractivity contribution >= 4 is 24.9 Å². The zero-order valence-electron chi connectivity index (χ0n) is 20.7. The maximum atomic E-state index is 14.1. The highest BCUT2D eigenvalue weighted by Crippen LogP contribution is 2.62. The summed E-state index contributed by atoms with van der Waals surface area (Å²) in [4.78, 5) is 14.0. The summed E-state index contributed by atoms with van der Waals surface area (Å²) in [7, 11) is -2.29. The Kier molecular flexibility index (Phi) is 9.96. The predicted molar refractivity (Wildman–Crippen MR) is 134 cm³/mol. The number of hydrogen-bond donors (Lipinski definition) is 1. The molecule has 1 N–H and O–H groups in total. The fourth-order valence-electron chi connectivity index (χ4n) is 3.51. The van der Waals surface area contributed by atoms with Crippen LogP contribution in [0.25, 0.3) is 0 Å². The number of esters is 1. The van der Waals surface area contributed by atoms with Gasteiger partial charge in [-0.15, -0.1) is 0 Å². The van der Waals surface area contributed by atoms with E-state index in [9.17, 15) is 9.36 Å². The van der Waals surface area contributed by atoms with Crippen LogP contribution in [0.1, 0.15) is 63.2 Å². The van der Waals surface area contributed by atoms with Gasteiger partial charge in [0.05, 0.1) is 24.9 Å². The molecule has 1 atom stereocenters. The molecule has 2 rings (SSSR count). The molecule has 7 nitrogen and oxygen atoms in total. The van der Waals surface area contributed by atoms with Crippen molar-refractivity contribution in [3.05, 3.63) is 59.7 Å². The van der Waals surface area contributed by atoms with Crippen molar-refractivity contribution < 1.29 is 23.1 Å². The van der Waals surface area contributed by atoms with Crippen molar-refractivity contribution in [3.8, 4) is 0 Å². The molecular weight excluding hydrogens is 439 g/mol. The van der Waals surface area contributed by atoms with E-state index < -0.39 is 19.3 Å². The molecule has 0 aromatic heterocycles. The lowest BCUT2D eigenvalue weighted by molar-refractivity contribution is 0.0600. The quantitative estimate of drug-likeness (QED) is 0.278. The lowest BCUT2D eigenvalue weighted by Crippen LogP contribution is -2.22. The molecule has 0 aliphatic carbocycles. The number of carbonyl (C=O) groups is 1. The van der Waals surface area contributed by atoms with Crippen LogP contribution >= 0.6 is 7.60 Å². The van der Waals surface area contributed by atoms with E-state index in [0.29, 0.717) is 11.3 Å². The molecule has 0 aliphatic rings. The molecule has 33 heavy (non-hydrogen) atoms. The summed E-state index contributed by atoms with van der Waals surface area (Å²) in [5, 5.41) is 3.33. The zero-order chi connectivity index (χ0) is 24.6. The van der Waals surface area contributed by atoms with Crippen LogP contribution in [-0.2, 0) is 18.3 Å². The Morgan fingerprint density at radius 3 is 1.85 bits per heavy atom. The Morgan fingerprint density at radius 1 is 0.909 bits per heavy atom. The maximum absolute atomic E-state index is 14.1. The Morgan fingerprint density at radius 2 is 1.42 bits per heavy atom. The monoisotopic (exact) mass is 476 g/mol. The smallest absolute Gasteiger partial charge is 0.357 e. The van der Waals surface area contributed by atoms with Gasteiger partial charge in [-0.05, 0) is 83.5 Å². The summed E-state index contributed by atoms with van der Waals surface area (Å²) in [5.74, 6) is -1.15. The molecule has 2 aromatic rings. The number of methoxy groups -OCH3 is 1. The number of carbonyl (C=O) groups excluding carboxylic acids is 1. The van der Waals surface area contributed by atoms with E-state index in [1.807, 2.05) is 52.0 Å². The van der Waals surface area contributed by atoms with Gasteiger partial charge in [0.1, 0.15) is 0 Å². The Bertz CT molecular complexity index is 911. The number of nitrogens with one attached hydrogen (secondary N) is 1. The molecule has 0 spiro atoms. The van der Waals surface area contributed by atoms with Crippen LogP contribution < -0.4 is 10.2 Å². The SMILES string of the molecule is CCN(CC)c1ccc([C@@H](Nc2ccc(C(=O)OC)cc2)P(=O)(OC(C)C)OC(C)C)cc1. The molecule has 182 valence electrons. The van der Waals surface area contributed by atoms with E-state index in [0.717, 1.165) is 24.3 Å². The van der Waals surface area contributed by atoms with Crippen LogP contribution in [0.15, 0.2) is 48.5 Å². The number of nitrogens with zero attached hydrogens (tertiary/aromatic N) is 1. The van der Waals surface area contributed by atoms with Crippen molar-refractivity contribution in [2.75, 3.05) is 30.4 Å². The average molecular weight is 477 g/mol. The topological polar surface area (TPSA) is 77.1 Å². The van der Waals surface area contributed by atoms with E-state index in [4.69, 9.17) is 13.8 Å². The van der Waals surface area contributed by atoms with E-state index in [2.05, 4.69) is 24.1 Å². The molecule has 0 unspecified atom stereocenters. The van der Waals surface area contributed by atoms with Crippen molar-refractivity contribution in [1.29, 1.82) is 0 Å². The molecule has 2 aromatic carbocycles. The molecule has 0 fully saturated rings. The third-order valence-electron chi connectivity index (χ3n) is 4.98. The van der Waals surface area contributed by atoms with Gasteiger partial charge in [0.15, 0.2) is 5.78 Å². The first-order chi connectivity index (χ1) is 15.6. The minimum absolute atomic E-state index is 0.296. The van der Waals surface area contributed by atoms with E-state index in [1.165, 1.54) is 7.11 Å². The molecular formula is C25H37N2O5P. The molecule has 0 saturated carbocycles. The fraction of sp³-hybridized carbons (Fsp3) is 0.480. The van der Waals surface area contributed by atoms with Crippen LogP contribution in [0.2, 0.25) is 0 Å². The second kappa shape index (κ2) is 12.2. The predicted octanol–water partition coefficient (Wildman–Crippen LogP) is 6.47. The van der Waals surface area contributed by atoms with Crippen LogP contribution in [-0.4, -0.2) is 38.4 Å². The van der Waals surface area contributed by atoms with Gasteiger partial charge in [-0.1, -0.05) is 12.1 Å². The summed E-state index contributed by atoms with van der Waals surface area (Å²) in [5.41, 5.74) is 2.99. The lowest BCUT2D eigenvalue weighted by Gasteiger charge is -2.31. The molecule has 0 saturated heterocycles. The normalized spacial score (nSPS) is 12.6. The van der Waals surface area contributed by atoms with Crippen LogP contribution in [0.4, 0.5) is 11.4 Å². The van der Waals surface area contributed by atoms with E-state index in [-0.39, 0.29) is 12.2 Å². The second-order valence-electron chi connectivity index (χ2n) is 8.23. The molecule has 0 radical (unpaired) electrons. The molecule has 0 bridgehead atoms. The first kappa shape index (κ1) is 26.9. The Balaban J connectivity index is 2.48. The lowest BCUT2D eigenvalue weighted by atomic mass is 10.1. The van der Waals surface area contributed by atoms with Crippen LogP contribution in [0.3, 0.4) is 0 Å². The maximum Gasteiger partial charge on any atom is 0.357 e. The molecule has 8 heteroatoms. The third kappa shape index (κ3) is 7.32. The van der Waals surface area contributed by atoms with Crippen LogP contribution in [0, 0.1) is 0 Å². The van der Waals surface area contributed by atoms with E-state index >= 15 is 0 Å². The summed E-state index contributed by atoms with van der Waals surface area (Å²) < 4.78 is 30.7. The molecule has 0 heterocycles. The van der Waals surface area contributed by atoms with E-state index in [1.54, 1.807) is 24.3 Å². The van der Waals surface area contributed by atoms with Gasteiger partial charge in [0.2, 0.25) is 0 Å². The number of rotatable bonds is 12. The van der Waals surface area contributed by atoms with Gasteiger partial charge in [0.25, 0.3) is 0 Å². The minimum Gasteiger partial charge on any atom is -0.465 e. The standard InChI is InChI=1S/C25H37N2O5P/c1-8-27(9-2)23-16-12-20(13-17-23)24(33(29,31-18(3)4)32-19(5)6)26-22-14-10-21(11-15-22)25(28)30-7/h10-19,24,26H,8-9H2,1-7H3/t24-/m0/s1. The fourth-order valence-corrected chi connectivity index (χ4v) is 5.83. The largest absolute Gasteiger partial charge is 0.465 e. The van der Waals surface area contributed by atoms with Gasteiger partial charge < -0.3 is 24.0 Å². The van der Waals surface area contributed by atoms with Crippen molar-refractivity contribution in [2.24, 2.45) is 0 Å². The Labute approximate surface area is 198 Å². The summed E-state index contributed by atoms with van der Waals surface area (Å²) in [6, 6.07) is 14.8. The van der Waals surface area contributed by atoms with Gasteiger partial charge in [-0.2, -0.15) is 0 Å². The number of hydrogen-bond acceptors (Lipinski definition) is 7. The summed E-state index contributed by atoms with van der Waals surface area (Å²) >= 11 is 0. The molecule has 0 aliphatic heterocycles. The van der Waals surface area contributed by atoms with Gasteiger partial charge in [-0.25, -0.2) is 4.79 Å². The van der Waals surface area contributed by atoms with Crippen LogP contribution in [0.5, 0.6) is 0 Å². The summed E-state index contributed by atoms with van der Waals surface area (Å²) in [6.07, 6.45) is -0.592. The Hall–Kier alpha value is -2.34. The first-order valence-electron chi connectivity index (χ1n) is 11.4. The highest BCUT2D eigenvalue weighted by Gasteiger charge is 2.39. The van der Waals surface area contributed by atoms with Gasteiger partial charge in [-0.3, -0.25) is 4.57 Å². The number of anilines is 2. The first-order valence-corrected chi connectivity index (χ1v) is 13.0. The van der Waals surface area contributed by atoms with Crippen molar-refractivity contribution in [2.45, 2.75) is 59.5 Å². The number of benzene rings is 2. The zero-order valence-corrected chi connectivity index (χ0v) is 21.6. The van der Waals surface area contributed by atoms with Gasteiger partial charge >= 0.3 is 13.6 Å². The third-order valence-corrected chi connectivity index (χ3v) is 7.47. The molecule has 0 amide bonds. The number of ether oxygens (including phenoxy) is 1. The highest BCUT2D eigenvalue weighted by molar-refractivity contribution is 7.54. The van der Waals surface area contributed by atoms with Gasteiger partial charge in [0, 0.05) is 24.5 Å². The minimum atomic E-state index is -3.63. The second-order valence-corrected chi connectivity index (χ2v) is 10.2. The van der Waals surface area contributed by atoms with Crippen molar-refractivity contribution in [3.63, 3.8) is 0 Å². The average Bonchev–Trinajstić information content (AvgIpc) is 2.77. The highest BCUT2D eigenvalue weighted by atomic mass is 31.2.